The Morgan fingerprint density at radius 3 is 1.82 bits per heavy atom. The first-order chi connectivity index (χ1) is 29.8. The maximum atomic E-state index is 7.15. The third-order valence-corrected chi connectivity index (χ3v) is 13.8. The largest absolute Gasteiger partial charge is 0.455 e. The summed E-state index contributed by atoms with van der Waals surface area (Å²) in [6, 6.07) is 54.1. The SMILES string of the molecule is CC1(C)c2ccccc2-c2c(-c3cc(-c4cccc5c4C4C=CC=CC4C5(C)C)c4oc5cccc(-c6nc(-c7ccccc7)nc(-c7ccccc7)n6)c5c4c3)cccc21. The van der Waals surface area contributed by atoms with Gasteiger partial charge in [0.05, 0.1) is 0 Å². The van der Waals surface area contributed by atoms with Gasteiger partial charge in [-0.25, -0.2) is 15.0 Å². The normalized spacial score (nSPS) is 17.6. The van der Waals surface area contributed by atoms with E-state index in [0.29, 0.717) is 23.4 Å². The predicted molar refractivity (Wildman–Crippen MR) is 249 cm³/mol. The van der Waals surface area contributed by atoms with Crippen molar-refractivity contribution in [1.29, 1.82) is 0 Å². The highest BCUT2D eigenvalue weighted by atomic mass is 16.3. The van der Waals surface area contributed by atoms with Gasteiger partial charge in [0.1, 0.15) is 11.2 Å². The number of hydrogen-bond donors (Lipinski definition) is 0. The molecule has 0 saturated carbocycles. The molecule has 0 amide bonds. The van der Waals surface area contributed by atoms with E-state index in [1.54, 1.807) is 0 Å². The molecule has 2 unspecified atom stereocenters. The Labute approximate surface area is 356 Å². The third kappa shape index (κ3) is 5.28. The average Bonchev–Trinajstić information content (AvgIpc) is 3.89. The molecule has 0 saturated heterocycles. The average molecular weight is 786 g/mol. The number of nitrogens with zero attached hydrogens (tertiary/aromatic N) is 3. The molecule has 7 aromatic carbocycles. The topological polar surface area (TPSA) is 51.8 Å². The lowest BCUT2D eigenvalue weighted by Gasteiger charge is -2.29. The van der Waals surface area contributed by atoms with E-state index in [2.05, 4.69) is 167 Å². The van der Waals surface area contributed by atoms with Crippen LogP contribution in [0, 0.1) is 5.92 Å². The van der Waals surface area contributed by atoms with Crippen molar-refractivity contribution in [3.63, 3.8) is 0 Å². The Morgan fingerprint density at radius 2 is 1.07 bits per heavy atom. The molecule has 2 heterocycles. The van der Waals surface area contributed by atoms with Crippen molar-refractivity contribution in [1.82, 2.24) is 15.0 Å². The van der Waals surface area contributed by atoms with Crippen molar-refractivity contribution in [2.24, 2.45) is 5.92 Å². The Bertz CT molecular complexity index is 3260. The van der Waals surface area contributed by atoms with Crippen molar-refractivity contribution in [2.75, 3.05) is 0 Å². The minimum absolute atomic E-state index is 0.0316. The Morgan fingerprint density at radius 1 is 0.475 bits per heavy atom. The van der Waals surface area contributed by atoms with Gasteiger partial charge in [0.2, 0.25) is 0 Å². The van der Waals surface area contributed by atoms with E-state index in [4.69, 9.17) is 19.4 Å². The summed E-state index contributed by atoms with van der Waals surface area (Å²) in [6.45, 7) is 9.51. The van der Waals surface area contributed by atoms with Gasteiger partial charge < -0.3 is 4.42 Å². The first-order valence-electron chi connectivity index (χ1n) is 21.4. The van der Waals surface area contributed by atoms with Crippen LogP contribution in [0.15, 0.2) is 180 Å². The fourth-order valence-electron chi connectivity index (χ4n) is 10.9. The van der Waals surface area contributed by atoms with Crippen LogP contribution in [0.2, 0.25) is 0 Å². The first-order valence-corrected chi connectivity index (χ1v) is 21.4. The van der Waals surface area contributed by atoms with E-state index in [0.717, 1.165) is 49.8 Å². The molecule has 61 heavy (non-hydrogen) atoms. The molecule has 0 N–H and O–H groups in total. The molecule has 2 aromatic heterocycles. The van der Waals surface area contributed by atoms with Crippen LogP contribution in [0.1, 0.15) is 55.9 Å². The second-order valence-corrected chi connectivity index (χ2v) is 17.9. The van der Waals surface area contributed by atoms with Crippen LogP contribution < -0.4 is 0 Å². The zero-order chi connectivity index (χ0) is 41.0. The van der Waals surface area contributed by atoms with Crippen molar-refractivity contribution < 1.29 is 4.42 Å². The molecule has 292 valence electrons. The number of aromatic nitrogens is 3. The van der Waals surface area contributed by atoms with Crippen LogP contribution >= 0.6 is 0 Å². The van der Waals surface area contributed by atoms with E-state index in [-0.39, 0.29) is 16.7 Å². The quantitative estimate of drug-likeness (QED) is 0.174. The maximum Gasteiger partial charge on any atom is 0.164 e. The minimum Gasteiger partial charge on any atom is -0.455 e. The second kappa shape index (κ2) is 13.2. The van der Waals surface area contributed by atoms with Crippen LogP contribution in [0.25, 0.3) is 89.5 Å². The van der Waals surface area contributed by atoms with Gasteiger partial charge >= 0.3 is 0 Å². The second-order valence-electron chi connectivity index (χ2n) is 17.9. The molecule has 0 bridgehead atoms. The number of hydrogen-bond acceptors (Lipinski definition) is 4. The van der Waals surface area contributed by atoms with Gasteiger partial charge in [-0.15, -0.1) is 0 Å². The van der Waals surface area contributed by atoms with Gasteiger partial charge in [-0.1, -0.05) is 185 Å². The van der Waals surface area contributed by atoms with Crippen LogP contribution in [0.4, 0.5) is 0 Å². The lowest BCUT2D eigenvalue weighted by atomic mass is 9.74. The molecule has 3 aliphatic rings. The summed E-state index contributed by atoms with van der Waals surface area (Å²) in [5.74, 6) is 2.49. The molecule has 3 aliphatic carbocycles. The number of furan rings is 1. The maximum absolute atomic E-state index is 7.15. The Balaban J connectivity index is 1.17. The molecule has 12 rings (SSSR count). The molecule has 4 heteroatoms. The lowest BCUT2D eigenvalue weighted by Crippen LogP contribution is -2.24. The van der Waals surface area contributed by atoms with Gasteiger partial charge in [-0.05, 0) is 79.6 Å². The van der Waals surface area contributed by atoms with E-state index >= 15 is 0 Å². The summed E-state index contributed by atoms with van der Waals surface area (Å²) in [7, 11) is 0. The van der Waals surface area contributed by atoms with Crippen molar-refractivity contribution in [3.05, 3.63) is 198 Å². The van der Waals surface area contributed by atoms with Crippen molar-refractivity contribution >= 4 is 21.9 Å². The van der Waals surface area contributed by atoms with E-state index in [9.17, 15) is 0 Å². The third-order valence-electron chi connectivity index (χ3n) is 13.8. The van der Waals surface area contributed by atoms with Gasteiger partial charge in [0.15, 0.2) is 17.5 Å². The monoisotopic (exact) mass is 785 g/mol. The highest BCUT2D eigenvalue weighted by molar-refractivity contribution is 6.17. The van der Waals surface area contributed by atoms with Gasteiger partial charge in [0, 0.05) is 44.4 Å². The highest BCUT2D eigenvalue weighted by Gasteiger charge is 2.46. The predicted octanol–water partition coefficient (Wildman–Crippen LogP) is 14.5. The Kier molecular flexibility index (Phi) is 7.71. The van der Waals surface area contributed by atoms with Gasteiger partial charge in [0.25, 0.3) is 0 Å². The highest BCUT2D eigenvalue weighted by Crippen LogP contribution is 2.57. The fourth-order valence-corrected chi connectivity index (χ4v) is 10.9. The summed E-state index contributed by atoms with van der Waals surface area (Å²) in [6.07, 6.45) is 9.24. The van der Waals surface area contributed by atoms with Crippen molar-refractivity contribution in [3.8, 4) is 67.5 Å². The summed E-state index contributed by atoms with van der Waals surface area (Å²) in [5.41, 5.74) is 17.1. The number of rotatable bonds is 5. The first kappa shape index (κ1) is 35.7. The molecule has 0 fully saturated rings. The van der Waals surface area contributed by atoms with E-state index < -0.39 is 0 Å². The van der Waals surface area contributed by atoms with Crippen molar-refractivity contribution in [2.45, 2.75) is 44.4 Å². The number of fused-ring (bicyclic) bond motifs is 9. The Hall–Kier alpha value is -7.17. The summed E-state index contributed by atoms with van der Waals surface area (Å²) >= 11 is 0. The molecule has 0 radical (unpaired) electrons. The number of allylic oxidation sites excluding steroid dienone is 4. The standard InChI is InChI=1S/C57H43N3O/c1-56(2)44-27-13-11-22-39(44)49-37(24-15-29-46(49)56)36-32-42(38-25-16-30-47-50(38)40-23-12-14-28-45(40)57(47,3)4)52-43(33-36)51-41(26-17-31-48(51)61-52)55-59-53(34-18-7-5-8-19-34)58-54(60-55)35-20-9-6-10-21-35/h5-33,40,45H,1-4H3. The summed E-state index contributed by atoms with van der Waals surface area (Å²) in [4.78, 5) is 15.5. The molecule has 2 atom stereocenters. The summed E-state index contributed by atoms with van der Waals surface area (Å²) in [5, 5.41) is 2.03. The van der Waals surface area contributed by atoms with E-state index in [1.165, 1.54) is 44.5 Å². The minimum atomic E-state index is -0.127. The number of benzene rings is 7. The molecule has 0 aliphatic heterocycles. The molecule has 4 nitrogen and oxygen atoms in total. The van der Waals surface area contributed by atoms with Gasteiger partial charge in [-0.3, -0.25) is 0 Å². The summed E-state index contributed by atoms with van der Waals surface area (Å²) < 4.78 is 7.15. The zero-order valence-corrected chi connectivity index (χ0v) is 34.6. The van der Waals surface area contributed by atoms with Crippen LogP contribution in [-0.4, -0.2) is 15.0 Å². The molecule has 0 spiro atoms. The van der Waals surface area contributed by atoms with Gasteiger partial charge in [-0.2, -0.15) is 0 Å². The molecular formula is C57H43N3O. The van der Waals surface area contributed by atoms with E-state index in [1.807, 2.05) is 36.4 Å². The smallest absolute Gasteiger partial charge is 0.164 e. The fraction of sp³-hybridized carbons (Fsp3) is 0.140. The molecular weight excluding hydrogens is 743 g/mol. The zero-order valence-electron chi connectivity index (χ0n) is 34.6. The van der Waals surface area contributed by atoms with Crippen LogP contribution in [-0.2, 0) is 10.8 Å². The lowest BCUT2D eigenvalue weighted by molar-refractivity contribution is 0.394. The van der Waals surface area contributed by atoms with Crippen LogP contribution in [0.5, 0.6) is 0 Å². The molecule has 9 aromatic rings. The van der Waals surface area contributed by atoms with Crippen LogP contribution in [0.3, 0.4) is 0 Å².